The van der Waals surface area contributed by atoms with Crippen molar-refractivity contribution in [2.45, 2.75) is 6.16 Å². The van der Waals surface area contributed by atoms with E-state index in [0.717, 1.165) is 0 Å². The van der Waals surface area contributed by atoms with Gasteiger partial charge in [-0.25, -0.2) is 0 Å². The first-order valence-corrected chi connectivity index (χ1v) is 6.27. The van der Waals surface area contributed by atoms with Gasteiger partial charge in [0.1, 0.15) is 0 Å². The summed E-state index contributed by atoms with van der Waals surface area (Å²) in [6, 6.07) is 6.54. The van der Waals surface area contributed by atoms with Gasteiger partial charge in [-0.05, 0) is 29.9 Å². The first-order chi connectivity index (χ1) is 6.87. The predicted molar refractivity (Wildman–Crippen MR) is 62.6 cm³/mol. The molecule has 0 heterocycles. The van der Waals surface area contributed by atoms with Crippen LogP contribution in [0, 0.1) is 0 Å². The third-order valence-electron chi connectivity index (χ3n) is 1.61. The van der Waals surface area contributed by atoms with E-state index in [1.54, 1.807) is 24.3 Å². The van der Waals surface area contributed by atoms with Crippen LogP contribution >= 0.6 is 19.8 Å². The number of anilines is 1. The largest absolute Gasteiger partial charge is 0.376 e. The second-order valence-corrected chi connectivity index (χ2v) is 5.09. The van der Waals surface area contributed by atoms with E-state index in [9.17, 15) is 4.57 Å². The molecule has 7 heteroatoms. The molecule has 0 saturated heterocycles. The Hall–Kier alpha value is -0.940. The van der Waals surface area contributed by atoms with Crippen LogP contribution < -0.4 is 11.1 Å². The van der Waals surface area contributed by atoms with E-state index in [1.165, 1.54) is 0 Å². The number of rotatable bonds is 3. The highest BCUT2D eigenvalue weighted by Gasteiger charge is 2.13. The Kier molecular flexibility index (Phi) is 3.82. The summed E-state index contributed by atoms with van der Waals surface area (Å²) < 4.78 is 10.7. The van der Waals surface area contributed by atoms with Gasteiger partial charge in [-0.15, -0.1) is 0 Å². The molecule has 15 heavy (non-hydrogen) atoms. The van der Waals surface area contributed by atoms with Gasteiger partial charge >= 0.3 is 7.60 Å². The summed E-state index contributed by atoms with van der Waals surface area (Å²) in [5.41, 5.74) is 6.52. The van der Waals surface area contributed by atoms with E-state index in [2.05, 4.69) is 17.5 Å². The fourth-order valence-corrected chi connectivity index (χ4v) is 1.88. The summed E-state index contributed by atoms with van der Waals surface area (Å²) in [5, 5.41) is 2.86. The van der Waals surface area contributed by atoms with Crippen LogP contribution in [-0.4, -0.2) is 14.9 Å². The Bertz CT molecular complexity index is 401. The minimum absolute atomic E-state index is 0.151. The molecule has 0 atom stereocenters. The van der Waals surface area contributed by atoms with Crippen molar-refractivity contribution in [3.05, 3.63) is 29.8 Å². The number of hydrogen-bond donors (Lipinski definition) is 4. The smallest absolute Gasteiger partial charge is 0.329 e. The number of nitrogens with two attached hydrogens (primary N) is 1. The summed E-state index contributed by atoms with van der Waals surface area (Å²) in [5.74, 6) is 0. The zero-order valence-electron chi connectivity index (χ0n) is 7.75. The molecule has 1 rings (SSSR count). The van der Waals surface area contributed by atoms with Gasteiger partial charge in [0, 0.05) is 5.69 Å². The Morgan fingerprint density at radius 3 is 2.33 bits per heavy atom. The van der Waals surface area contributed by atoms with Crippen molar-refractivity contribution in [1.29, 1.82) is 0 Å². The molecule has 82 valence electrons. The highest BCUT2D eigenvalue weighted by Crippen LogP contribution is 2.39. The Labute approximate surface area is 92.5 Å². The highest BCUT2D eigenvalue weighted by atomic mass is 32.1. The summed E-state index contributed by atoms with van der Waals surface area (Å²) >= 11 is 4.64. The SMILES string of the molecule is NC(=S)Nc1ccc(CP(=O)(O)O)cc1. The summed E-state index contributed by atoms with van der Waals surface area (Å²) in [6.07, 6.45) is -0.264. The summed E-state index contributed by atoms with van der Waals surface area (Å²) in [4.78, 5) is 17.5. The maximum atomic E-state index is 10.7. The maximum Gasteiger partial charge on any atom is 0.329 e. The topological polar surface area (TPSA) is 95.6 Å². The molecule has 1 aromatic rings. The number of nitrogens with one attached hydrogen (secondary N) is 1. The zero-order chi connectivity index (χ0) is 11.5. The molecule has 5 nitrogen and oxygen atoms in total. The van der Waals surface area contributed by atoms with E-state index < -0.39 is 7.60 Å². The lowest BCUT2D eigenvalue weighted by Crippen LogP contribution is -2.18. The molecule has 5 N–H and O–H groups in total. The van der Waals surface area contributed by atoms with Crippen molar-refractivity contribution >= 4 is 30.6 Å². The number of hydrogen-bond acceptors (Lipinski definition) is 2. The van der Waals surface area contributed by atoms with Crippen molar-refractivity contribution in [2.24, 2.45) is 5.73 Å². The fourth-order valence-electron chi connectivity index (χ4n) is 1.07. The zero-order valence-corrected chi connectivity index (χ0v) is 9.46. The lowest BCUT2D eigenvalue weighted by Gasteiger charge is -2.06. The third kappa shape index (κ3) is 4.90. The third-order valence-corrected chi connectivity index (χ3v) is 2.49. The first kappa shape index (κ1) is 12.1. The van der Waals surface area contributed by atoms with E-state index >= 15 is 0 Å². The van der Waals surface area contributed by atoms with Gasteiger partial charge < -0.3 is 20.8 Å². The molecule has 0 amide bonds. The van der Waals surface area contributed by atoms with Crippen molar-refractivity contribution in [3.8, 4) is 0 Å². The van der Waals surface area contributed by atoms with Gasteiger partial charge in [0.05, 0.1) is 6.16 Å². The molecule has 0 spiro atoms. The Balaban J connectivity index is 2.72. The van der Waals surface area contributed by atoms with Crippen LogP contribution in [0.25, 0.3) is 0 Å². The molecule has 0 aromatic heterocycles. The standard InChI is InChI=1S/C8H11N2O3PS/c9-8(15)10-7-3-1-6(2-4-7)5-14(11,12)13/h1-4H,5H2,(H3,9,10,15)(H2,11,12,13). The highest BCUT2D eigenvalue weighted by molar-refractivity contribution is 7.80. The maximum absolute atomic E-state index is 10.7. The lowest BCUT2D eigenvalue weighted by molar-refractivity contribution is 0.371. The van der Waals surface area contributed by atoms with Gasteiger partial charge in [0.2, 0.25) is 0 Å². The van der Waals surface area contributed by atoms with Crippen molar-refractivity contribution in [2.75, 3.05) is 5.32 Å². The predicted octanol–water partition coefficient (Wildman–Crippen LogP) is 1.02. The van der Waals surface area contributed by atoms with Crippen LogP contribution in [0.2, 0.25) is 0 Å². The molecule has 0 bridgehead atoms. The molecule has 0 saturated carbocycles. The monoisotopic (exact) mass is 246 g/mol. The fraction of sp³-hybridized carbons (Fsp3) is 0.125. The van der Waals surface area contributed by atoms with Crippen LogP contribution in [-0.2, 0) is 10.7 Å². The lowest BCUT2D eigenvalue weighted by atomic mass is 10.2. The van der Waals surface area contributed by atoms with Crippen LogP contribution in [0.4, 0.5) is 5.69 Å². The van der Waals surface area contributed by atoms with Crippen LogP contribution in [0.3, 0.4) is 0 Å². The molecular weight excluding hydrogens is 235 g/mol. The quantitative estimate of drug-likeness (QED) is 0.470. The molecule has 1 aromatic carbocycles. The molecular formula is C8H11N2O3PS. The second kappa shape index (κ2) is 4.72. The summed E-state index contributed by atoms with van der Waals surface area (Å²) in [7, 11) is -4.00. The minimum atomic E-state index is -4.00. The number of thiocarbonyl (C=S) groups is 1. The van der Waals surface area contributed by atoms with Gasteiger partial charge in [0.25, 0.3) is 0 Å². The molecule has 0 fully saturated rings. The second-order valence-electron chi connectivity index (χ2n) is 3.01. The Morgan fingerprint density at radius 2 is 1.93 bits per heavy atom. The van der Waals surface area contributed by atoms with Crippen LogP contribution in [0.15, 0.2) is 24.3 Å². The normalized spacial score (nSPS) is 11.1. The van der Waals surface area contributed by atoms with Crippen molar-refractivity contribution in [1.82, 2.24) is 0 Å². The minimum Gasteiger partial charge on any atom is -0.376 e. The molecule has 0 aliphatic carbocycles. The van der Waals surface area contributed by atoms with Gasteiger partial charge in [0.15, 0.2) is 5.11 Å². The van der Waals surface area contributed by atoms with E-state index in [0.29, 0.717) is 11.3 Å². The van der Waals surface area contributed by atoms with E-state index in [1.807, 2.05) is 0 Å². The molecule has 0 radical (unpaired) electrons. The van der Waals surface area contributed by atoms with Gasteiger partial charge in [-0.1, -0.05) is 12.1 Å². The molecule has 0 unspecified atom stereocenters. The van der Waals surface area contributed by atoms with Crippen LogP contribution in [0.5, 0.6) is 0 Å². The number of benzene rings is 1. The van der Waals surface area contributed by atoms with Gasteiger partial charge in [-0.3, -0.25) is 4.57 Å². The first-order valence-electron chi connectivity index (χ1n) is 4.07. The van der Waals surface area contributed by atoms with Crippen molar-refractivity contribution < 1.29 is 14.4 Å². The summed E-state index contributed by atoms with van der Waals surface area (Å²) in [6.45, 7) is 0. The van der Waals surface area contributed by atoms with Crippen LogP contribution in [0.1, 0.15) is 5.56 Å². The van der Waals surface area contributed by atoms with Gasteiger partial charge in [-0.2, -0.15) is 0 Å². The van der Waals surface area contributed by atoms with E-state index in [-0.39, 0.29) is 11.3 Å². The van der Waals surface area contributed by atoms with Crippen molar-refractivity contribution in [3.63, 3.8) is 0 Å². The Morgan fingerprint density at radius 1 is 1.40 bits per heavy atom. The van der Waals surface area contributed by atoms with E-state index in [4.69, 9.17) is 15.5 Å². The molecule has 0 aliphatic rings. The average Bonchev–Trinajstić information content (AvgIpc) is 2.05. The molecule has 0 aliphatic heterocycles. The average molecular weight is 246 g/mol.